The molecule has 1 aromatic heterocycles. The Kier molecular flexibility index (Phi) is 3.03. The predicted octanol–water partition coefficient (Wildman–Crippen LogP) is 2.81. The first kappa shape index (κ1) is 12.2. The number of aryl methyl sites for hydroxylation is 1. The van der Waals surface area contributed by atoms with E-state index in [1.54, 1.807) is 18.2 Å². The first-order valence-electron chi connectivity index (χ1n) is 6.27. The van der Waals surface area contributed by atoms with Crippen LogP contribution in [0.25, 0.3) is 0 Å². The van der Waals surface area contributed by atoms with Crippen molar-refractivity contribution in [2.45, 2.75) is 19.3 Å². The molecule has 98 valence electrons. The summed E-state index contributed by atoms with van der Waals surface area (Å²) >= 11 is 5.90. The Bertz CT molecular complexity index is 648. The lowest BCUT2D eigenvalue weighted by molar-refractivity contribution is 0.102. The van der Waals surface area contributed by atoms with Gasteiger partial charge in [0.15, 0.2) is 5.69 Å². The van der Waals surface area contributed by atoms with E-state index in [-0.39, 0.29) is 5.91 Å². The van der Waals surface area contributed by atoms with Crippen molar-refractivity contribution in [2.24, 2.45) is 7.05 Å². The number of nitrogens with one attached hydrogen (secondary N) is 1. The lowest BCUT2D eigenvalue weighted by Gasteiger charge is -2.04. The molecule has 1 aliphatic rings. The molecule has 1 N–H and O–H groups in total. The Morgan fingerprint density at radius 3 is 3.05 bits per heavy atom. The number of anilines is 1. The van der Waals surface area contributed by atoms with Crippen molar-refractivity contribution in [1.29, 1.82) is 0 Å². The Balaban J connectivity index is 1.87. The van der Waals surface area contributed by atoms with Crippen LogP contribution < -0.4 is 5.32 Å². The summed E-state index contributed by atoms with van der Waals surface area (Å²) in [6.45, 7) is 0. The molecule has 0 unspecified atom stereocenters. The Labute approximate surface area is 116 Å². The zero-order valence-electron chi connectivity index (χ0n) is 10.6. The number of benzene rings is 1. The molecular formula is C14H14ClN3O. The zero-order chi connectivity index (χ0) is 13.4. The monoisotopic (exact) mass is 275 g/mol. The predicted molar refractivity (Wildman–Crippen MR) is 74.6 cm³/mol. The van der Waals surface area contributed by atoms with Gasteiger partial charge in [-0.15, -0.1) is 0 Å². The molecule has 19 heavy (non-hydrogen) atoms. The molecule has 1 aromatic carbocycles. The first-order chi connectivity index (χ1) is 9.15. The van der Waals surface area contributed by atoms with Crippen LogP contribution in [0.5, 0.6) is 0 Å². The van der Waals surface area contributed by atoms with E-state index in [4.69, 9.17) is 11.6 Å². The van der Waals surface area contributed by atoms with Gasteiger partial charge in [0.1, 0.15) is 0 Å². The topological polar surface area (TPSA) is 46.9 Å². The van der Waals surface area contributed by atoms with Crippen molar-refractivity contribution in [3.63, 3.8) is 0 Å². The number of fused-ring (bicyclic) bond motifs is 1. The quantitative estimate of drug-likeness (QED) is 0.916. The van der Waals surface area contributed by atoms with Gasteiger partial charge in [-0.3, -0.25) is 9.48 Å². The number of rotatable bonds is 2. The summed E-state index contributed by atoms with van der Waals surface area (Å²) in [5.41, 5.74) is 3.49. The smallest absolute Gasteiger partial charge is 0.276 e. The number of hydrogen-bond donors (Lipinski definition) is 1. The number of nitrogens with zero attached hydrogens (tertiary/aromatic N) is 2. The maximum absolute atomic E-state index is 12.3. The fraction of sp³-hybridized carbons (Fsp3) is 0.286. The highest BCUT2D eigenvalue weighted by atomic mass is 35.5. The van der Waals surface area contributed by atoms with Gasteiger partial charge in [0, 0.05) is 29.0 Å². The number of carbonyl (C=O) groups is 1. The fourth-order valence-electron chi connectivity index (χ4n) is 2.55. The minimum absolute atomic E-state index is 0.166. The van der Waals surface area contributed by atoms with Crippen LogP contribution in [-0.4, -0.2) is 15.7 Å². The van der Waals surface area contributed by atoms with Gasteiger partial charge in [0.05, 0.1) is 0 Å². The number of carbonyl (C=O) groups excluding carboxylic acids is 1. The van der Waals surface area contributed by atoms with Crippen molar-refractivity contribution >= 4 is 23.2 Å². The molecule has 0 bridgehead atoms. The summed E-state index contributed by atoms with van der Waals surface area (Å²) in [6, 6.07) is 7.12. The van der Waals surface area contributed by atoms with Crippen LogP contribution in [0.1, 0.15) is 28.2 Å². The summed E-state index contributed by atoms with van der Waals surface area (Å²) in [7, 11) is 1.89. The molecule has 2 aromatic rings. The minimum atomic E-state index is -0.166. The molecule has 1 heterocycles. The number of amides is 1. The molecule has 0 radical (unpaired) electrons. The summed E-state index contributed by atoms with van der Waals surface area (Å²) in [5.74, 6) is -0.166. The van der Waals surface area contributed by atoms with E-state index in [9.17, 15) is 4.79 Å². The SMILES string of the molecule is Cn1nc(C(=O)Nc2cccc(Cl)c2)c2c1CCC2. The van der Waals surface area contributed by atoms with E-state index in [1.807, 2.05) is 17.8 Å². The molecule has 0 aliphatic heterocycles. The molecule has 4 nitrogen and oxygen atoms in total. The zero-order valence-corrected chi connectivity index (χ0v) is 11.4. The van der Waals surface area contributed by atoms with Crippen LogP contribution in [0.4, 0.5) is 5.69 Å². The highest BCUT2D eigenvalue weighted by molar-refractivity contribution is 6.30. The highest BCUT2D eigenvalue weighted by Crippen LogP contribution is 2.25. The molecule has 1 amide bonds. The van der Waals surface area contributed by atoms with Crippen molar-refractivity contribution in [2.75, 3.05) is 5.32 Å². The average Bonchev–Trinajstić information content (AvgIpc) is 2.93. The molecule has 3 rings (SSSR count). The van der Waals surface area contributed by atoms with Gasteiger partial charge in [-0.05, 0) is 37.5 Å². The van der Waals surface area contributed by atoms with Crippen molar-refractivity contribution in [3.05, 3.63) is 46.2 Å². The van der Waals surface area contributed by atoms with E-state index in [1.165, 1.54) is 5.69 Å². The van der Waals surface area contributed by atoms with Gasteiger partial charge >= 0.3 is 0 Å². The van der Waals surface area contributed by atoms with E-state index in [0.717, 1.165) is 24.8 Å². The van der Waals surface area contributed by atoms with E-state index < -0.39 is 0 Å². The molecular weight excluding hydrogens is 262 g/mol. The Morgan fingerprint density at radius 1 is 1.42 bits per heavy atom. The summed E-state index contributed by atoms with van der Waals surface area (Å²) in [5, 5.41) is 7.77. The Hall–Kier alpha value is -1.81. The molecule has 0 saturated heterocycles. The van der Waals surface area contributed by atoms with E-state index >= 15 is 0 Å². The van der Waals surface area contributed by atoms with Gasteiger partial charge in [-0.25, -0.2) is 0 Å². The third kappa shape index (κ3) is 2.24. The van der Waals surface area contributed by atoms with Crippen LogP contribution in [-0.2, 0) is 19.9 Å². The molecule has 0 fully saturated rings. The molecule has 0 saturated carbocycles. The standard InChI is InChI=1S/C14H14ClN3O/c1-18-12-7-3-6-11(12)13(17-18)14(19)16-10-5-2-4-9(15)8-10/h2,4-5,8H,3,6-7H2,1H3,(H,16,19). The van der Waals surface area contributed by atoms with Gasteiger partial charge in [-0.2, -0.15) is 5.10 Å². The minimum Gasteiger partial charge on any atom is -0.321 e. The van der Waals surface area contributed by atoms with Gasteiger partial charge < -0.3 is 5.32 Å². The lowest BCUT2D eigenvalue weighted by atomic mass is 10.2. The van der Waals surface area contributed by atoms with Crippen LogP contribution in [0, 0.1) is 0 Å². The highest BCUT2D eigenvalue weighted by Gasteiger charge is 2.25. The number of hydrogen-bond acceptors (Lipinski definition) is 2. The fourth-order valence-corrected chi connectivity index (χ4v) is 2.74. The van der Waals surface area contributed by atoms with Gasteiger partial charge in [-0.1, -0.05) is 17.7 Å². The first-order valence-corrected chi connectivity index (χ1v) is 6.64. The van der Waals surface area contributed by atoms with Crippen LogP contribution in [0.3, 0.4) is 0 Å². The maximum atomic E-state index is 12.3. The third-order valence-electron chi connectivity index (χ3n) is 3.41. The normalized spacial score (nSPS) is 13.4. The maximum Gasteiger partial charge on any atom is 0.276 e. The second kappa shape index (κ2) is 4.70. The van der Waals surface area contributed by atoms with Crippen molar-refractivity contribution < 1.29 is 4.79 Å². The summed E-state index contributed by atoms with van der Waals surface area (Å²) in [4.78, 5) is 12.3. The summed E-state index contributed by atoms with van der Waals surface area (Å²) in [6.07, 6.45) is 3.03. The lowest BCUT2D eigenvalue weighted by Crippen LogP contribution is -2.14. The van der Waals surface area contributed by atoms with Crippen LogP contribution in [0.15, 0.2) is 24.3 Å². The van der Waals surface area contributed by atoms with Gasteiger partial charge in [0.2, 0.25) is 0 Å². The molecule has 0 spiro atoms. The second-order valence-electron chi connectivity index (χ2n) is 4.72. The molecule has 1 aliphatic carbocycles. The average molecular weight is 276 g/mol. The second-order valence-corrected chi connectivity index (χ2v) is 5.15. The Morgan fingerprint density at radius 2 is 2.26 bits per heavy atom. The van der Waals surface area contributed by atoms with E-state index in [0.29, 0.717) is 16.4 Å². The van der Waals surface area contributed by atoms with Crippen molar-refractivity contribution in [1.82, 2.24) is 9.78 Å². The van der Waals surface area contributed by atoms with Gasteiger partial charge in [0.25, 0.3) is 5.91 Å². The largest absolute Gasteiger partial charge is 0.321 e. The van der Waals surface area contributed by atoms with E-state index in [2.05, 4.69) is 10.4 Å². The third-order valence-corrected chi connectivity index (χ3v) is 3.65. The van der Waals surface area contributed by atoms with Crippen molar-refractivity contribution in [3.8, 4) is 0 Å². The number of halogens is 1. The summed E-state index contributed by atoms with van der Waals surface area (Å²) < 4.78 is 1.81. The molecule has 0 atom stereocenters. The van der Waals surface area contributed by atoms with Crippen LogP contribution in [0.2, 0.25) is 5.02 Å². The molecule has 5 heteroatoms. The van der Waals surface area contributed by atoms with Crippen LogP contribution >= 0.6 is 11.6 Å². The number of aromatic nitrogens is 2.